The molecule has 5 nitrogen and oxygen atoms in total. The summed E-state index contributed by atoms with van der Waals surface area (Å²) in [4.78, 5) is 13.4. The van der Waals surface area contributed by atoms with Gasteiger partial charge >= 0.3 is 0 Å². The molecule has 1 rings (SSSR count). The predicted octanol–water partition coefficient (Wildman–Crippen LogP) is 2.18. The third-order valence-electron chi connectivity index (χ3n) is 3.54. The summed E-state index contributed by atoms with van der Waals surface area (Å²) in [6.07, 6.45) is 1.76. The molecule has 1 amide bonds. The summed E-state index contributed by atoms with van der Waals surface area (Å²) >= 11 is 0. The lowest BCUT2D eigenvalue weighted by molar-refractivity contribution is -0.130. The van der Waals surface area contributed by atoms with Crippen LogP contribution in [0.2, 0.25) is 0 Å². The third-order valence-corrected chi connectivity index (χ3v) is 3.54. The van der Waals surface area contributed by atoms with Gasteiger partial charge in [-0.05, 0) is 51.3 Å². The fourth-order valence-electron chi connectivity index (χ4n) is 2.34. The first-order chi connectivity index (χ1) is 10.3. The predicted molar refractivity (Wildman–Crippen MR) is 88.4 cm³/mol. The second-order valence-electron chi connectivity index (χ2n) is 5.80. The van der Waals surface area contributed by atoms with Crippen LogP contribution >= 0.6 is 0 Å². The molecule has 0 aliphatic carbocycles. The minimum Gasteiger partial charge on any atom is -0.504 e. The van der Waals surface area contributed by atoms with Gasteiger partial charge in [-0.1, -0.05) is 6.07 Å². The molecular weight excluding hydrogens is 280 g/mol. The van der Waals surface area contributed by atoms with Crippen LogP contribution < -0.4 is 10.1 Å². The molecule has 0 radical (unpaired) electrons. The fraction of sp³-hybridized carbons (Fsp3) is 0.588. The number of benzene rings is 1. The number of hydrogen-bond acceptors (Lipinski definition) is 4. The van der Waals surface area contributed by atoms with Crippen LogP contribution in [-0.4, -0.2) is 48.7 Å². The molecule has 1 aromatic rings. The van der Waals surface area contributed by atoms with Gasteiger partial charge in [0.2, 0.25) is 5.91 Å². The monoisotopic (exact) mass is 308 g/mol. The van der Waals surface area contributed by atoms with Crippen LogP contribution in [0.25, 0.3) is 0 Å². The summed E-state index contributed by atoms with van der Waals surface area (Å²) in [6.45, 7) is 6.37. The van der Waals surface area contributed by atoms with Gasteiger partial charge in [-0.3, -0.25) is 4.79 Å². The van der Waals surface area contributed by atoms with Crippen molar-refractivity contribution in [2.45, 2.75) is 45.7 Å². The van der Waals surface area contributed by atoms with Gasteiger partial charge in [0.15, 0.2) is 11.5 Å². The molecule has 0 spiro atoms. The molecule has 0 aromatic heterocycles. The number of ether oxygens (including phenoxy) is 1. The largest absolute Gasteiger partial charge is 0.504 e. The van der Waals surface area contributed by atoms with Gasteiger partial charge in [0.25, 0.3) is 0 Å². The summed E-state index contributed by atoms with van der Waals surface area (Å²) in [7, 11) is 3.52. The van der Waals surface area contributed by atoms with Crippen LogP contribution in [0.3, 0.4) is 0 Å². The summed E-state index contributed by atoms with van der Waals surface area (Å²) in [6, 6.07) is 5.47. The Balaban J connectivity index is 2.52. The Morgan fingerprint density at radius 3 is 2.64 bits per heavy atom. The Morgan fingerprint density at radius 2 is 2.05 bits per heavy atom. The molecule has 0 heterocycles. The van der Waals surface area contributed by atoms with Crippen molar-refractivity contribution < 1.29 is 14.6 Å². The zero-order valence-corrected chi connectivity index (χ0v) is 14.2. The molecular formula is C17H28N2O3. The van der Waals surface area contributed by atoms with Crippen molar-refractivity contribution in [1.29, 1.82) is 0 Å². The number of likely N-dealkylation sites (N-methyl/N-ethyl adjacent to an activating group) is 1. The van der Waals surface area contributed by atoms with Gasteiger partial charge < -0.3 is 20.1 Å². The van der Waals surface area contributed by atoms with Crippen LogP contribution in [0.5, 0.6) is 11.5 Å². The zero-order chi connectivity index (χ0) is 16.7. The number of aromatic hydroxyl groups is 1. The Labute approximate surface area is 133 Å². The average molecular weight is 308 g/mol. The quantitative estimate of drug-likeness (QED) is 0.773. The topological polar surface area (TPSA) is 61.8 Å². The minimum absolute atomic E-state index is 0.0788. The Morgan fingerprint density at radius 1 is 1.36 bits per heavy atom. The number of amides is 1. The van der Waals surface area contributed by atoms with Crippen molar-refractivity contribution in [3.8, 4) is 11.5 Å². The molecule has 0 bridgehead atoms. The van der Waals surface area contributed by atoms with Crippen LogP contribution in [0.1, 0.15) is 32.8 Å². The first kappa shape index (κ1) is 18.3. The van der Waals surface area contributed by atoms with E-state index >= 15 is 0 Å². The molecule has 1 aromatic carbocycles. The summed E-state index contributed by atoms with van der Waals surface area (Å²) < 4.78 is 5.39. The summed E-state index contributed by atoms with van der Waals surface area (Å²) in [5.41, 5.74) is 1.11. The van der Waals surface area contributed by atoms with Crippen LogP contribution in [-0.2, 0) is 11.2 Å². The number of rotatable bonds is 8. The molecule has 5 heteroatoms. The summed E-state index contributed by atoms with van der Waals surface area (Å²) in [5, 5.41) is 13.0. The number of carbonyl (C=O) groups is 1. The second kappa shape index (κ2) is 8.63. The lowest BCUT2D eigenvalue weighted by Gasteiger charge is -2.22. The Kier molecular flexibility index (Phi) is 7.18. The van der Waals surface area contributed by atoms with Gasteiger partial charge in [0.1, 0.15) is 0 Å². The first-order valence-corrected chi connectivity index (χ1v) is 7.77. The molecule has 2 N–H and O–H groups in total. The standard InChI is InChI=1S/C17H28N2O3/c1-6-22-16-11-14(9-10-15(16)20)8-7-12(2)18-13(3)17(21)19(4)5/h9-13,18,20H,6-8H2,1-5H3/t12?,13-/m0/s1. The molecule has 0 saturated carbocycles. The number of aryl methyl sites for hydroxylation is 1. The first-order valence-electron chi connectivity index (χ1n) is 7.77. The molecule has 2 atom stereocenters. The van der Waals surface area contributed by atoms with E-state index < -0.39 is 0 Å². The van der Waals surface area contributed by atoms with Gasteiger partial charge in [-0.15, -0.1) is 0 Å². The Hall–Kier alpha value is -1.75. The maximum atomic E-state index is 11.8. The van der Waals surface area contributed by atoms with Gasteiger partial charge in [-0.2, -0.15) is 0 Å². The lowest BCUT2D eigenvalue weighted by Crippen LogP contribution is -2.45. The van der Waals surface area contributed by atoms with E-state index in [0.29, 0.717) is 12.4 Å². The van der Waals surface area contributed by atoms with Gasteiger partial charge in [0, 0.05) is 20.1 Å². The highest BCUT2D eigenvalue weighted by Crippen LogP contribution is 2.27. The lowest BCUT2D eigenvalue weighted by atomic mass is 10.0. The molecule has 0 aliphatic heterocycles. The van der Waals surface area contributed by atoms with E-state index in [2.05, 4.69) is 12.2 Å². The normalized spacial score (nSPS) is 13.5. The number of nitrogens with one attached hydrogen (secondary N) is 1. The van der Waals surface area contributed by atoms with E-state index in [-0.39, 0.29) is 23.7 Å². The van der Waals surface area contributed by atoms with Gasteiger partial charge in [-0.25, -0.2) is 0 Å². The van der Waals surface area contributed by atoms with E-state index in [9.17, 15) is 9.90 Å². The minimum atomic E-state index is -0.191. The van der Waals surface area contributed by atoms with E-state index in [1.165, 1.54) is 0 Å². The van der Waals surface area contributed by atoms with Crippen molar-refractivity contribution in [2.75, 3.05) is 20.7 Å². The number of nitrogens with zero attached hydrogens (tertiary/aromatic N) is 1. The molecule has 22 heavy (non-hydrogen) atoms. The average Bonchev–Trinajstić information content (AvgIpc) is 2.47. The van der Waals surface area contributed by atoms with Crippen LogP contribution in [0, 0.1) is 0 Å². The highest BCUT2D eigenvalue weighted by Gasteiger charge is 2.16. The zero-order valence-electron chi connectivity index (χ0n) is 14.2. The smallest absolute Gasteiger partial charge is 0.238 e. The van der Waals surface area contributed by atoms with Crippen LogP contribution in [0.4, 0.5) is 0 Å². The van der Waals surface area contributed by atoms with E-state index in [1.807, 2.05) is 26.0 Å². The van der Waals surface area contributed by atoms with E-state index in [0.717, 1.165) is 18.4 Å². The van der Waals surface area contributed by atoms with Crippen molar-refractivity contribution >= 4 is 5.91 Å². The van der Waals surface area contributed by atoms with Crippen molar-refractivity contribution in [1.82, 2.24) is 10.2 Å². The third kappa shape index (κ3) is 5.56. The maximum Gasteiger partial charge on any atom is 0.238 e. The van der Waals surface area contributed by atoms with E-state index in [4.69, 9.17) is 4.74 Å². The number of carbonyl (C=O) groups excluding carboxylic acids is 1. The Bertz CT molecular complexity index is 489. The van der Waals surface area contributed by atoms with Crippen molar-refractivity contribution in [2.24, 2.45) is 0 Å². The molecule has 0 saturated heterocycles. The highest BCUT2D eigenvalue weighted by atomic mass is 16.5. The summed E-state index contributed by atoms with van der Waals surface area (Å²) in [5.74, 6) is 0.772. The number of phenolic OH excluding ortho intramolecular Hbond substituents is 1. The molecule has 1 unspecified atom stereocenters. The SMILES string of the molecule is CCOc1cc(CCC(C)N[C@@H](C)C(=O)N(C)C)ccc1O. The number of phenols is 1. The number of hydrogen-bond donors (Lipinski definition) is 2. The van der Waals surface area contributed by atoms with Crippen molar-refractivity contribution in [3.63, 3.8) is 0 Å². The second-order valence-corrected chi connectivity index (χ2v) is 5.80. The fourth-order valence-corrected chi connectivity index (χ4v) is 2.34. The molecule has 124 valence electrons. The maximum absolute atomic E-state index is 11.8. The molecule has 0 aliphatic rings. The molecule has 0 fully saturated rings. The highest BCUT2D eigenvalue weighted by molar-refractivity contribution is 5.80. The van der Waals surface area contributed by atoms with Crippen molar-refractivity contribution in [3.05, 3.63) is 23.8 Å². The van der Waals surface area contributed by atoms with E-state index in [1.54, 1.807) is 25.1 Å². The van der Waals surface area contributed by atoms with Crippen LogP contribution in [0.15, 0.2) is 18.2 Å². The van der Waals surface area contributed by atoms with Gasteiger partial charge in [0.05, 0.1) is 12.6 Å².